The zero-order valence-corrected chi connectivity index (χ0v) is 12.3. The number of methoxy groups -OCH3 is 1. The quantitative estimate of drug-likeness (QED) is 0.899. The Morgan fingerprint density at radius 3 is 2.80 bits per heavy atom. The number of carboxylic acids is 1. The first-order valence-corrected chi connectivity index (χ1v) is 6.92. The molecule has 0 radical (unpaired) electrons. The fourth-order valence-corrected chi connectivity index (χ4v) is 2.66. The highest BCUT2D eigenvalue weighted by atomic mass is 16.5. The van der Waals surface area contributed by atoms with E-state index < -0.39 is 11.4 Å². The molecule has 0 saturated carbocycles. The zero-order valence-electron chi connectivity index (χ0n) is 12.3. The second-order valence-electron chi connectivity index (χ2n) is 5.95. The Kier molecular flexibility index (Phi) is 4.04. The smallest absolute Gasteiger partial charge is 0.314 e. The van der Waals surface area contributed by atoms with E-state index in [0.29, 0.717) is 31.6 Å². The lowest BCUT2D eigenvalue weighted by Crippen LogP contribution is -2.42. The molecule has 4 nitrogen and oxygen atoms in total. The fourth-order valence-electron chi connectivity index (χ4n) is 2.66. The van der Waals surface area contributed by atoms with Crippen LogP contribution in [0.1, 0.15) is 38.7 Å². The first kappa shape index (κ1) is 14.9. The molecule has 0 fully saturated rings. The summed E-state index contributed by atoms with van der Waals surface area (Å²) in [5, 5.41) is 9.81. The minimum atomic E-state index is -0.870. The molecule has 0 saturated heterocycles. The maximum Gasteiger partial charge on any atom is 0.314 e. The number of hydrogen-bond donors (Lipinski definition) is 1. The summed E-state index contributed by atoms with van der Waals surface area (Å²) in [5.41, 5.74) is -0.411. The average Bonchev–Trinajstić information content (AvgIpc) is 2.45. The average molecular weight is 278 g/mol. The van der Waals surface area contributed by atoms with Crippen molar-refractivity contribution in [1.29, 1.82) is 0 Å². The minimum absolute atomic E-state index is 0.324. The van der Waals surface area contributed by atoms with Crippen LogP contribution in [0.3, 0.4) is 0 Å². The number of aliphatic carboxylic acids is 1. The summed E-state index contributed by atoms with van der Waals surface area (Å²) in [4.78, 5) is 11.9. The van der Waals surface area contributed by atoms with Gasteiger partial charge in [-0.05, 0) is 32.8 Å². The number of hydrogen-bond acceptors (Lipinski definition) is 3. The third-order valence-electron chi connectivity index (χ3n) is 4.30. The summed E-state index contributed by atoms with van der Waals surface area (Å²) in [6.07, 6.45) is 1.73. The van der Waals surface area contributed by atoms with Crippen molar-refractivity contribution in [2.24, 2.45) is 0 Å². The van der Waals surface area contributed by atoms with Crippen LogP contribution in [0.5, 0.6) is 5.75 Å². The van der Waals surface area contributed by atoms with E-state index in [2.05, 4.69) is 0 Å². The van der Waals surface area contributed by atoms with Crippen molar-refractivity contribution in [2.45, 2.75) is 44.1 Å². The van der Waals surface area contributed by atoms with Gasteiger partial charge in [-0.15, -0.1) is 0 Å². The van der Waals surface area contributed by atoms with Gasteiger partial charge < -0.3 is 14.6 Å². The maximum absolute atomic E-state index is 11.9. The van der Waals surface area contributed by atoms with Crippen LogP contribution >= 0.6 is 0 Å². The standard InChI is InChI=1S/C16H22O4/c1-15(2,19-3)8-9-16(14(17)18)10-11-20-13-7-5-4-6-12(13)16/h4-7H,8-11H2,1-3H3,(H,17,18). The van der Waals surface area contributed by atoms with E-state index >= 15 is 0 Å². The van der Waals surface area contributed by atoms with Crippen LogP contribution in [0.25, 0.3) is 0 Å². The molecule has 2 rings (SSSR count). The Bertz CT molecular complexity index is 495. The highest BCUT2D eigenvalue weighted by Crippen LogP contribution is 2.43. The molecule has 0 amide bonds. The first-order chi connectivity index (χ1) is 9.41. The molecule has 1 aliphatic heterocycles. The van der Waals surface area contributed by atoms with Gasteiger partial charge in [0.15, 0.2) is 0 Å². The van der Waals surface area contributed by atoms with Crippen LogP contribution in [0.15, 0.2) is 24.3 Å². The molecule has 1 unspecified atom stereocenters. The van der Waals surface area contributed by atoms with Crippen LogP contribution in [0.4, 0.5) is 0 Å². The van der Waals surface area contributed by atoms with Gasteiger partial charge in [-0.2, -0.15) is 0 Å². The Morgan fingerprint density at radius 2 is 2.15 bits per heavy atom. The Morgan fingerprint density at radius 1 is 1.45 bits per heavy atom. The second-order valence-corrected chi connectivity index (χ2v) is 5.95. The predicted molar refractivity (Wildman–Crippen MR) is 76.2 cm³/mol. The largest absolute Gasteiger partial charge is 0.493 e. The third kappa shape index (κ3) is 2.66. The van der Waals surface area contributed by atoms with E-state index in [4.69, 9.17) is 9.47 Å². The third-order valence-corrected chi connectivity index (χ3v) is 4.30. The van der Waals surface area contributed by atoms with Gasteiger partial charge in [-0.25, -0.2) is 0 Å². The van der Waals surface area contributed by atoms with E-state index in [1.807, 2.05) is 38.1 Å². The van der Waals surface area contributed by atoms with Gasteiger partial charge in [0, 0.05) is 19.1 Å². The monoisotopic (exact) mass is 278 g/mol. The van der Waals surface area contributed by atoms with Crippen LogP contribution < -0.4 is 4.74 Å². The van der Waals surface area contributed by atoms with Gasteiger partial charge >= 0.3 is 5.97 Å². The van der Waals surface area contributed by atoms with Crippen molar-refractivity contribution < 1.29 is 19.4 Å². The zero-order chi connectivity index (χ0) is 14.8. The van der Waals surface area contributed by atoms with Gasteiger partial charge in [0.05, 0.1) is 17.6 Å². The molecule has 4 heteroatoms. The molecule has 110 valence electrons. The van der Waals surface area contributed by atoms with E-state index in [0.717, 1.165) is 5.56 Å². The molecular formula is C16H22O4. The van der Waals surface area contributed by atoms with E-state index in [9.17, 15) is 9.90 Å². The summed E-state index contributed by atoms with van der Waals surface area (Å²) >= 11 is 0. The van der Waals surface area contributed by atoms with Crippen molar-refractivity contribution >= 4 is 5.97 Å². The van der Waals surface area contributed by atoms with Gasteiger partial charge in [-0.3, -0.25) is 4.79 Å². The lowest BCUT2D eigenvalue weighted by Gasteiger charge is -2.37. The van der Waals surface area contributed by atoms with Crippen LogP contribution in [0, 0.1) is 0 Å². The number of benzene rings is 1. The highest BCUT2D eigenvalue weighted by molar-refractivity contribution is 5.83. The number of fused-ring (bicyclic) bond motifs is 1. The Labute approximate surface area is 119 Å². The molecule has 1 aromatic rings. The van der Waals surface area contributed by atoms with Crippen LogP contribution in [0.2, 0.25) is 0 Å². The maximum atomic E-state index is 11.9. The number of para-hydroxylation sites is 1. The first-order valence-electron chi connectivity index (χ1n) is 6.92. The lowest BCUT2D eigenvalue weighted by atomic mass is 9.71. The molecule has 0 bridgehead atoms. The van der Waals surface area contributed by atoms with Crippen LogP contribution in [-0.2, 0) is 14.9 Å². The van der Waals surface area contributed by atoms with E-state index in [1.54, 1.807) is 7.11 Å². The Hall–Kier alpha value is -1.55. The van der Waals surface area contributed by atoms with Crippen molar-refractivity contribution in [3.63, 3.8) is 0 Å². The molecule has 0 aliphatic carbocycles. The van der Waals surface area contributed by atoms with E-state index in [1.165, 1.54) is 0 Å². The summed E-state index contributed by atoms with van der Waals surface area (Å²) in [5.74, 6) is -0.0865. The van der Waals surface area contributed by atoms with Crippen molar-refractivity contribution in [2.75, 3.05) is 13.7 Å². The molecule has 1 aliphatic rings. The SMILES string of the molecule is COC(C)(C)CCC1(C(=O)O)CCOc2ccccc21. The highest BCUT2D eigenvalue weighted by Gasteiger charge is 2.45. The fraction of sp³-hybridized carbons (Fsp3) is 0.562. The van der Waals surface area contributed by atoms with Gasteiger partial charge in [0.25, 0.3) is 0 Å². The van der Waals surface area contributed by atoms with Gasteiger partial charge in [-0.1, -0.05) is 18.2 Å². The summed E-state index contributed by atoms with van der Waals surface area (Å²) in [6, 6.07) is 7.44. The van der Waals surface area contributed by atoms with Crippen molar-refractivity contribution in [3.05, 3.63) is 29.8 Å². The van der Waals surface area contributed by atoms with Crippen LogP contribution in [-0.4, -0.2) is 30.4 Å². The minimum Gasteiger partial charge on any atom is -0.493 e. The predicted octanol–water partition coefficient (Wildman–Crippen LogP) is 3.00. The van der Waals surface area contributed by atoms with Gasteiger partial charge in [0.1, 0.15) is 5.75 Å². The number of carbonyl (C=O) groups is 1. The summed E-state index contributed by atoms with van der Waals surface area (Å²) in [6.45, 7) is 4.40. The summed E-state index contributed by atoms with van der Waals surface area (Å²) < 4.78 is 11.0. The topological polar surface area (TPSA) is 55.8 Å². The molecule has 20 heavy (non-hydrogen) atoms. The molecule has 0 aromatic heterocycles. The number of rotatable bonds is 5. The molecule has 1 heterocycles. The molecule has 0 spiro atoms. The Balaban J connectivity index is 2.35. The lowest BCUT2D eigenvalue weighted by molar-refractivity contribution is -0.146. The van der Waals surface area contributed by atoms with Crippen molar-refractivity contribution in [3.8, 4) is 5.75 Å². The second kappa shape index (κ2) is 5.44. The number of ether oxygens (including phenoxy) is 2. The molecule has 1 N–H and O–H groups in total. The van der Waals surface area contributed by atoms with Gasteiger partial charge in [0.2, 0.25) is 0 Å². The van der Waals surface area contributed by atoms with E-state index in [-0.39, 0.29) is 5.60 Å². The normalized spacial score (nSPS) is 21.9. The van der Waals surface area contributed by atoms with Crippen molar-refractivity contribution in [1.82, 2.24) is 0 Å². The number of carboxylic acid groups (broad SMARTS) is 1. The molecule has 1 atom stereocenters. The molecule has 1 aromatic carbocycles. The molecular weight excluding hydrogens is 256 g/mol. The summed E-state index contributed by atoms with van der Waals surface area (Å²) in [7, 11) is 1.66.